The summed E-state index contributed by atoms with van der Waals surface area (Å²) in [4.78, 5) is 10.0. The monoisotopic (exact) mass is 513 g/mol. The molecule has 4 rings (SSSR count). The smallest absolute Gasteiger partial charge is 0.221 e. The first-order valence-corrected chi connectivity index (χ1v) is 7.93. The number of carbonyl (C=O) groups is 1. The van der Waals surface area contributed by atoms with Crippen LogP contribution in [0.2, 0.25) is 0 Å². The molecule has 2 aromatic carbocycles. The summed E-state index contributed by atoms with van der Waals surface area (Å²) in [6.45, 7) is 3.84. The van der Waals surface area contributed by atoms with Crippen molar-refractivity contribution in [1.82, 2.24) is 0 Å². The standard InChI is InChI=1S/C16H12N.C5H8O2.Pt/c1-3-7-14-12(5-1)9-10-17-11-13-6-2-4-8-15(13)16(14)17;1-4(6)3-5(2)7;/h1-10H,11H2;3,6H,1-2H3;/q+1;;/b;4-3-;. The van der Waals surface area contributed by atoms with Gasteiger partial charge in [-0.3, -0.25) is 4.79 Å². The van der Waals surface area contributed by atoms with Crippen molar-refractivity contribution >= 4 is 16.6 Å². The van der Waals surface area contributed by atoms with Crippen molar-refractivity contribution < 1.29 is 35.5 Å². The molecule has 1 N–H and O–H groups in total. The Labute approximate surface area is 161 Å². The molecule has 130 valence electrons. The third kappa shape index (κ3) is 4.24. The van der Waals surface area contributed by atoms with Gasteiger partial charge in [0, 0.05) is 38.8 Å². The van der Waals surface area contributed by atoms with E-state index in [0.717, 1.165) is 6.54 Å². The molecule has 0 aliphatic carbocycles. The molecule has 1 aliphatic rings. The fourth-order valence-electron chi connectivity index (χ4n) is 3.06. The number of ketones is 1. The Hall–Kier alpha value is -2.25. The van der Waals surface area contributed by atoms with Crippen LogP contribution in [-0.2, 0) is 32.4 Å². The molecule has 0 saturated heterocycles. The van der Waals surface area contributed by atoms with Crippen LogP contribution >= 0.6 is 0 Å². The minimum absolute atomic E-state index is 0. The summed E-state index contributed by atoms with van der Waals surface area (Å²) >= 11 is 0. The quantitative estimate of drug-likeness (QED) is 0.236. The second kappa shape index (κ2) is 8.22. The number of aliphatic hydroxyl groups excluding tert-OH is 1. The number of pyridine rings is 1. The van der Waals surface area contributed by atoms with Gasteiger partial charge in [0.2, 0.25) is 5.69 Å². The van der Waals surface area contributed by atoms with Gasteiger partial charge in [-0.2, -0.15) is 4.57 Å². The first-order chi connectivity index (χ1) is 11.6. The Balaban J connectivity index is 0.000000246. The zero-order valence-corrected chi connectivity index (χ0v) is 16.4. The zero-order valence-electron chi connectivity index (χ0n) is 14.2. The summed E-state index contributed by atoms with van der Waals surface area (Å²) in [5.41, 5.74) is 4.16. The van der Waals surface area contributed by atoms with Gasteiger partial charge in [0.05, 0.1) is 16.7 Å². The summed E-state index contributed by atoms with van der Waals surface area (Å²) in [5, 5.41) is 11.0. The Morgan fingerprint density at radius 3 is 2.40 bits per heavy atom. The summed E-state index contributed by atoms with van der Waals surface area (Å²) < 4.78 is 2.34. The Bertz CT molecular complexity index is 944. The molecule has 0 unspecified atom stereocenters. The van der Waals surface area contributed by atoms with Crippen LogP contribution in [0.25, 0.3) is 22.0 Å². The molecule has 2 heterocycles. The number of carbonyl (C=O) groups excluding carboxylic acids is 1. The van der Waals surface area contributed by atoms with Crippen molar-refractivity contribution in [3.8, 4) is 11.3 Å². The fraction of sp³-hybridized carbons (Fsp3) is 0.143. The third-order valence-electron chi connectivity index (χ3n) is 3.96. The summed E-state index contributed by atoms with van der Waals surface area (Å²) in [7, 11) is 0. The van der Waals surface area contributed by atoms with Crippen molar-refractivity contribution in [1.29, 1.82) is 0 Å². The van der Waals surface area contributed by atoms with Crippen LogP contribution in [0, 0.1) is 0 Å². The second-order valence-corrected chi connectivity index (χ2v) is 5.93. The predicted octanol–water partition coefficient (Wildman–Crippen LogP) is 4.19. The number of hydrogen-bond acceptors (Lipinski definition) is 2. The number of rotatable bonds is 1. The Morgan fingerprint density at radius 1 is 1.04 bits per heavy atom. The van der Waals surface area contributed by atoms with Gasteiger partial charge in [-0.05, 0) is 31.4 Å². The van der Waals surface area contributed by atoms with E-state index in [0.29, 0.717) is 0 Å². The topological polar surface area (TPSA) is 41.2 Å². The van der Waals surface area contributed by atoms with Crippen molar-refractivity contribution in [3.05, 3.63) is 78.2 Å². The van der Waals surface area contributed by atoms with Crippen LogP contribution in [0.4, 0.5) is 0 Å². The molecule has 4 heteroatoms. The third-order valence-corrected chi connectivity index (χ3v) is 3.96. The van der Waals surface area contributed by atoms with E-state index < -0.39 is 0 Å². The number of aromatic nitrogens is 1. The molecule has 3 nitrogen and oxygen atoms in total. The van der Waals surface area contributed by atoms with Crippen molar-refractivity contribution in [2.75, 3.05) is 0 Å². The molecule has 0 saturated carbocycles. The average Bonchev–Trinajstić information content (AvgIpc) is 2.93. The van der Waals surface area contributed by atoms with Crippen molar-refractivity contribution in [2.24, 2.45) is 0 Å². The van der Waals surface area contributed by atoms with E-state index in [1.54, 1.807) is 0 Å². The van der Waals surface area contributed by atoms with Gasteiger partial charge in [0.15, 0.2) is 18.5 Å². The van der Waals surface area contributed by atoms with Crippen LogP contribution in [0.15, 0.2) is 72.6 Å². The molecule has 0 atom stereocenters. The molecular weight excluding hydrogens is 493 g/mol. The maximum atomic E-state index is 10.0. The molecular formula is C21H20NO2Pt+. The molecule has 3 aromatic rings. The van der Waals surface area contributed by atoms with Crippen LogP contribution in [0.1, 0.15) is 19.4 Å². The molecule has 25 heavy (non-hydrogen) atoms. The normalized spacial score (nSPS) is 11.7. The van der Waals surface area contributed by atoms with E-state index in [1.165, 1.54) is 47.5 Å². The molecule has 0 radical (unpaired) electrons. The van der Waals surface area contributed by atoms with E-state index >= 15 is 0 Å². The van der Waals surface area contributed by atoms with Gasteiger partial charge < -0.3 is 5.11 Å². The first-order valence-electron chi connectivity index (χ1n) is 7.93. The number of benzene rings is 2. The summed E-state index contributed by atoms with van der Waals surface area (Å²) in [6.07, 6.45) is 3.36. The molecule has 0 bridgehead atoms. The maximum Gasteiger partial charge on any atom is 0.221 e. The van der Waals surface area contributed by atoms with Crippen LogP contribution in [-0.4, -0.2) is 10.9 Å². The summed E-state index contributed by atoms with van der Waals surface area (Å²) in [6, 6.07) is 19.5. The molecule has 0 spiro atoms. The minimum atomic E-state index is -0.125. The van der Waals surface area contributed by atoms with E-state index in [-0.39, 0.29) is 32.6 Å². The van der Waals surface area contributed by atoms with Gasteiger partial charge in [0.1, 0.15) is 0 Å². The van der Waals surface area contributed by atoms with E-state index in [1.807, 2.05) is 0 Å². The molecule has 0 amide bonds. The van der Waals surface area contributed by atoms with E-state index in [9.17, 15) is 4.79 Å². The van der Waals surface area contributed by atoms with Gasteiger partial charge in [-0.15, -0.1) is 0 Å². The van der Waals surface area contributed by atoms with Crippen molar-refractivity contribution in [3.63, 3.8) is 0 Å². The van der Waals surface area contributed by atoms with Crippen LogP contribution < -0.4 is 4.57 Å². The molecule has 0 fully saturated rings. The zero-order chi connectivity index (χ0) is 17.1. The van der Waals surface area contributed by atoms with Gasteiger partial charge in [-0.25, -0.2) is 0 Å². The molecule has 1 aromatic heterocycles. The van der Waals surface area contributed by atoms with E-state index in [4.69, 9.17) is 5.11 Å². The van der Waals surface area contributed by atoms with Gasteiger partial charge in [-0.1, -0.05) is 36.4 Å². The SMILES string of the molecule is CC(=O)/C=C(/C)O.[Pt].c1ccc2c(c1)C[n+]1ccc3ccccc3c1-2. The van der Waals surface area contributed by atoms with E-state index in [2.05, 4.69) is 65.4 Å². The van der Waals surface area contributed by atoms with Gasteiger partial charge in [0.25, 0.3) is 0 Å². The first kappa shape index (κ1) is 19.1. The molecule has 1 aliphatic heterocycles. The van der Waals surface area contributed by atoms with Crippen LogP contribution in [0.3, 0.4) is 0 Å². The predicted molar refractivity (Wildman–Crippen MR) is 95.7 cm³/mol. The fourth-order valence-corrected chi connectivity index (χ4v) is 3.06. The largest absolute Gasteiger partial charge is 0.512 e. The number of allylic oxidation sites excluding steroid dienone is 2. The number of aliphatic hydroxyl groups is 1. The van der Waals surface area contributed by atoms with Crippen molar-refractivity contribution in [2.45, 2.75) is 20.4 Å². The van der Waals surface area contributed by atoms with Crippen LogP contribution in [0.5, 0.6) is 0 Å². The Morgan fingerprint density at radius 2 is 1.72 bits per heavy atom. The maximum absolute atomic E-state index is 10.0. The van der Waals surface area contributed by atoms with Gasteiger partial charge >= 0.3 is 0 Å². The number of nitrogens with zero attached hydrogens (tertiary/aromatic N) is 1. The Kier molecular flexibility index (Phi) is 6.27. The number of fused-ring (bicyclic) bond motifs is 5. The summed E-state index contributed by atoms with van der Waals surface area (Å²) in [5.74, 6) is -0.0625. The average molecular weight is 513 g/mol. The minimum Gasteiger partial charge on any atom is -0.512 e. The number of hydrogen-bond donors (Lipinski definition) is 1. The second-order valence-electron chi connectivity index (χ2n) is 5.93.